The van der Waals surface area contributed by atoms with Crippen molar-refractivity contribution in [1.82, 2.24) is 9.62 Å². The van der Waals surface area contributed by atoms with Crippen LogP contribution >= 0.6 is 0 Å². The molecule has 8 heteroatoms. The Labute approximate surface area is 179 Å². The number of hydrogen-bond donors (Lipinski definition) is 1. The molecule has 0 aliphatic carbocycles. The Bertz CT molecular complexity index is 958. The van der Waals surface area contributed by atoms with Gasteiger partial charge in [-0.15, -0.1) is 0 Å². The van der Waals surface area contributed by atoms with Gasteiger partial charge in [0.1, 0.15) is 0 Å². The van der Waals surface area contributed by atoms with E-state index < -0.39 is 10.0 Å². The minimum absolute atomic E-state index is 0.139. The third-order valence-corrected chi connectivity index (χ3v) is 6.02. The van der Waals surface area contributed by atoms with Crippen LogP contribution in [0.4, 0.5) is 0 Å². The van der Waals surface area contributed by atoms with E-state index in [0.29, 0.717) is 17.9 Å². The number of benzene rings is 2. The zero-order valence-corrected chi connectivity index (χ0v) is 19.0. The second-order valence-electron chi connectivity index (χ2n) is 7.16. The Kier molecular flexibility index (Phi) is 8.25. The minimum atomic E-state index is -3.56. The summed E-state index contributed by atoms with van der Waals surface area (Å²) in [4.78, 5) is 12.7. The van der Waals surface area contributed by atoms with Crippen molar-refractivity contribution in [2.75, 3.05) is 27.0 Å². The van der Waals surface area contributed by atoms with E-state index in [4.69, 9.17) is 9.47 Å². The monoisotopic (exact) mass is 434 g/mol. The lowest BCUT2D eigenvalue weighted by molar-refractivity contribution is -0.122. The summed E-state index contributed by atoms with van der Waals surface area (Å²) in [5.74, 6) is 0.804. The highest BCUT2D eigenvalue weighted by atomic mass is 32.2. The molecule has 0 heterocycles. The van der Waals surface area contributed by atoms with Gasteiger partial charge in [-0.2, -0.15) is 4.31 Å². The van der Waals surface area contributed by atoms with Crippen molar-refractivity contribution < 1.29 is 22.7 Å². The zero-order chi connectivity index (χ0) is 22.3. The summed E-state index contributed by atoms with van der Waals surface area (Å²) < 4.78 is 36.2. The lowest BCUT2D eigenvalue weighted by Crippen LogP contribution is -2.41. The van der Waals surface area contributed by atoms with Gasteiger partial charge >= 0.3 is 0 Å². The first kappa shape index (κ1) is 23.7. The van der Waals surface area contributed by atoms with Crippen LogP contribution in [0.25, 0.3) is 0 Å². The maximum atomic E-state index is 12.7. The first-order valence-corrected chi connectivity index (χ1v) is 11.5. The Morgan fingerprint density at radius 3 is 2.23 bits per heavy atom. The number of carbonyl (C=O) groups is 1. The highest BCUT2D eigenvalue weighted by molar-refractivity contribution is 7.88. The van der Waals surface area contributed by atoms with E-state index in [1.165, 1.54) is 4.31 Å². The largest absolute Gasteiger partial charge is 0.493 e. The predicted octanol–water partition coefficient (Wildman–Crippen LogP) is 3.04. The molecule has 0 aliphatic rings. The molecule has 7 nitrogen and oxygen atoms in total. The second-order valence-corrected chi connectivity index (χ2v) is 9.14. The molecular formula is C22H30N2O5S. The molecule has 0 saturated carbocycles. The van der Waals surface area contributed by atoms with Crippen molar-refractivity contribution in [1.29, 1.82) is 0 Å². The van der Waals surface area contributed by atoms with Crippen LogP contribution in [-0.4, -0.2) is 45.7 Å². The maximum Gasteiger partial charge on any atom is 0.235 e. The van der Waals surface area contributed by atoms with E-state index in [9.17, 15) is 13.2 Å². The minimum Gasteiger partial charge on any atom is -0.493 e. The van der Waals surface area contributed by atoms with E-state index >= 15 is 0 Å². The van der Waals surface area contributed by atoms with Gasteiger partial charge in [0.25, 0.3) is 0 Å². The number of carbonyl (C=O) groups excluding carboxylic acids is 1. The molecule has 2 rings (SSSR count). The fraction of sp³-hybridized carbons (Fsp3) is 0.409. The smallest absolute Gasteiger partial charge is 0.235 e. The first-order chi connectivity index (χ1) is 14.2. The summed E-state index contributed by atoms with van der Waals surface area (Å²) in [7, 11) is -0.447. The van der Waals surface area contributed by atoms with Crippen molar-refractivity contribution in [3.05, 3.63) is 59.2 Å². The molecule has 2 aromatic carbocycles. The normalized spacial score (nSPS) is 12.5. The van der Waals surface area contributed by atoms with Crippen molar-refractivity contribution in [2.24, 2.45) is 0 Å². The van der Waals surface area contributed by atoms with Gasteiger partial charge in [-0.05, 0) is 36.6 Å². The van der Waals surface area contributed by atoms with Crippen molar-refractivity contribution >= 4 is 15.9 Å². The van der Waals surface area contributed by atoms with Crippen LogP contribution in [0.1, 0.15) is 36.1 Å². The van der Waals surface area contributed by atoms with Gasteiger partial charge in [0.05, 0.1) is 33.1 Å². The number of nitrogens with one attached hydrogen (secondary N) is 1. The highest BCUT2D eigenvalue weighted by Crippen LogP contribution is 2.30. The number of hydrogen-bond acceptors (Lipinski definition) is 5. The predicted molar refractivity (Wildman–Crippen MR) is 117 cm³/mol. The van der Waals surface area contributed by atoms with Gasteiger partial charge in [-0.3, -0.25) is 4.79 Å². The van der Waals surface area contributed by atoms with Crippen LogP contribution in [-0.2, 0) is 21.4 Å². The van der Waals surface area contributed by atoms with Gasteiger partial charge < -0.3 is 14.8 Å². The van der Waals surface area contributed by atoms with Crippen LogP contribution in [0.3, 0.4) is 0 Å². The van der Waals surface area contributed by atoms with E-state index in [1.807, 2.05) is 50.2 Å². The van der Waals surface area contributed by atoms with E-state index in [-0.39, 0.29) is 25.0 Å². The topological polar surface area (TPSA) is 84.9 Å². The quantitative estimate of drug-likeness (QED) is 0.621. The van der Waals surface area contributed by atoms with Gasteiger partial charge in [0.2, 0.25) is 15.9 Å². The van der Waals surface area contributed by atoms with E-state index in [0.717, 1.165) is 22.9 Å². The van der Waals surface area contributed by atoms with Crippen LogP contribution in [0, 0.1) is 6.92 Å². The average molecular weight is 435 g/mol. The zero-order valence-electron chi connectivity index (χ0n) is 18.1. The standard InChI is InChI=1S/C22H30N2O5S/c1-6-19(18-11-12-20(28-3)21(13-18)29-4)23-22(25)15-24(30(5,26)27)14-17-9-7-16(2)8-10-17/h7-13,19H,6,14-15H2,1-5H3,(H,23,25). The lowest BCUT2D eigenvalue weighted by atomic mass is 10.0. The molecule has 30 heavy (non-hydrogen) atoms. The summed E-state index contributed by atoms with van der Waals surface area (Å²) in [5, 5.41) is 2.93. The number of nitrogens with zero attached hydrogens (tertiary/aromatic N) is 1. The molecule has 0 bridgehead atoms. The Balaban J connectivity index is 2.13. The number of aryl methyl sites for hydroxylation is 1. The summed E-state index contributed by atoms with van der Waals surface area (Å²) in [5.41, 5.74) is 2.77. The first-order valence-electron chi connectivity index (χ1n) is 9.69. The number of methoxy groups -OCH3 is 2. The Morgan fingerprint density at radius 2 is 1.70 bits per heavy atom. The van der Waals surface area contributed by atoms with Gasteiger partial charge in [-0.1, -0.05) is 42.8 Å². The molecule has 2 aromatic rings. The van der Waals surface area contributed by atoms with Crippen LogP contribution in [0.2, 0.25) is 0 Å². The molecule has 0 fully saturated rings. The SMILES string of the molecule is CCC(NC(=O)CN(Cc1ccc(C)cc1)S(C)(=O)=O)c1ccc(OC)c(OC)c1. The van der Waals surface area contributed by atoms with Gasteiger partial charge in [0.15, 0.2) is 11.5 Å². The fourth-order valence-electron chi connectivity index (χ4n) is 3.08. The Hall–Kier alpha value is -2.58. The van der Waals surface area contributed by atoms with Gasteiger partial charge in [0, 0.05) is 6.54 Å². The van der Waals surface area contributed by atoms with Crippen LogP contribution < -0.4 is 14.8 Å². The van der Waals surface area contributed by atoms with Crippen LogP contribution in [0.5, 0.6) is 11.5 Å². The summed E-state index contributed by atoms with van der Waals surface area (Å²) in [6.07, 6.45) is 1.75. The molecule has 0 aromatic heterocycles. The number of amides is 1. The van der Waals surface area contributed by atoms with Crippen molar-refractivity contribution in [2.45, 2.75) is 32.9 Å². The van der Waals surface area contributed by atoms with E-state index in [1.54, 1.807) is 20.3 Å². The molecular weight excluding hydrogens is 404 g/mol. The molecule has 0 aliphatic heterocycles. The molecule has 0 spiro atoms. The molecule has 0 radical (unpaired) electrons. The summed E-state index contributed by atoms with van der Waals surface area (Å²) >= 11 is 0. The molecule has 1 unspecified atom stereocenters. The van der Waals surface area contributed by atoms with E-state index in [2.05, 4.69) is 5.32 Å². The van der Waals surface area contributed by atoms with Gasteiger partial charge in [-0.25, -0.2) is 8.42 Å². The maximum absolute atomic E-state index is 12.7. The molecule has 1 amide bonds. The lowest BCUT2D eigenvalue weighted by Gasteiger charge is -2.23. The molecule has 1 atom stereocenters. The Morgan fingerprint density at radius 1 is 1.07 bits per heavy atom. The number of ether oxygens (including phenoxy) is 2. The number of rotatable bonds is 10. The second kappa shape index (κ2) is 10.4. The fourth-order valence-corrected chi connectivity index (χ4v) is 3.81. The van der Waals surface area contributed by atoms with Crippen LogP contribution in [0.15, 0.2) is 42.5 Å². The third-order valence-electron chi connectivity index (χ3n) is 4.82. The molecule has 164 valence electrons. The van der Waals surface area contributed by atoms with Crippen molar-refractivity contribution in [3.8, 4) is 11.5 Å². The average Bonchev–Trinajstić information content (AvgIpc) is 2.71. The highest BCUT2D eigenvalue weighted by Gasteiger charge is 2.23. The molecule has 1 N–H and O–H groups in total. The third kappa shape index (κ3) is 6.47. The summed E-state index contributed by atoms with van der Waals surface area (Å²) in [6.45, 7) is 3.79. The molecule has 0 saturated heterocycles. The van der Waals surface area contributed by atoms with Crippen molar-refractivity contribution in [3.63, 3.8) is 0 Å². The summed E-state index contributed by atoms with van der Waals surface area (Å²) in [6, 6.07) is 12.7. The number of sulfonamides is 1.